The summed E-state index contributed by atoms with van der Waals surface area (Å²) >= 11 is 1.41. The molecule has 310 valence electrons. The second-order valence-corrected chi connectivity index (χ2v) is 16.9. The van der Waals surface area contributed by atoms with Gasteiger partial charge in [0.25, 0.3) is 11.5 Å². The summed E-state index contributed by atoms with van der Waals surface area (Å²) in [5.74, 6) is -4.35. The maximum absolute atomic E-state index is 14.1. The lowest BCUT2D eigenvalue weighted by atomic mass is 9.93. The van der Waals surface area contributed by atoms with Gasteiger partial charge in [0.1, 0.15) is 25.0 Å². The third kappa shape index (κ3) is 10.2. The molecular formula is C40H50N8O9S. The van der Waals surface area contributed by atoms with Crippen LogP contribution >= 0.6 is 11.8 Å². The van der Waals surface area contributed by atoms with Crippen LogP contribution in [0.2, 0.25) is 0 Å². The first-order chi connectivity index (χ1) is 27.5. The molecule has 3 heterocycles. The number of hydrogen-bond donors (Lipinski definition) is 4. The monoisotopic (exact) mass is 818 g/mol. The predicted octanol–water partition coefficient (Wildman–Crippen LogP) is 3.02. The number of rotatable bonds is 15. The van der Waals surface area contributed by atoms with Crippen LogP contribution in [0.4, 0.5) is 0 Å². The van der Waals surface area contributed by atoms with Crippen molar-refractivity contribution in [2.75, 3.05) is 12.5 Å². The van der Waals surface area contributed by atoms with Gasteiger partial charge in [-0.3, -0.25) is 33.5 Å². The third-order valence-corrected chi connectivity index (χ3v) is 12.2. The van der Waals surface area contributed by atoms with E-state index in [0.29, 0.717) is 0 Å². The Bertz CT molecular complexity index is 2150. The summed E-state index contributed by atoms with van der Waals surface area (Å²) in [7, 11) is 0. The Balaban J connectivity index is 1.25. The lowest BCUT2D eigenvalue weighted by molar-refractivity contribution is -0.157. The van der Waals surface area contributed by atoms with E-state index < -0.39 is 82.2 Å². The lowest BCUT2D eigenvalue weighted by Crippen LogP contribution is -2.59. The van der Waals surface area contributed by atoms with Crippen LogP contribution in [0.25, 0.3) is 10.4 Å². The molecule has 8 atom stereocenters. The van der Waals surface area contributed by atoms with Crippen LogP contribution < -0.4 is 21.9 Å². The molecule has 2 aromatic carbocycles. The van der Waals surface area contributed by atoms with Crippen LogP contribution in [0.5, 0.6) is 0 Å². The maximum atomic E-state index is 14.1. The number of thioether (sulfide) groups is 1. The van der Waals surface area contributed by atoms with Crippen LogP contribution in [0.1, 0.15) is 62.6 Å². The number of carbonyl (C=O) groups is 4. The van der Waals surface area contributed by atoms with E-state index >= 15 is 0 Å². The zero-order chi connectivity index (χ0) is 42.3. The van der Waals surface area contributed by atoms with Crippen LogP contribution in [-0.2, 0) is 41.6 Å². The van der Waals surface area contributed by atoms with E-state index in [1.165, 1.54) is 48.2 Å². The zero-order valence-electron chi connectivity index (χ0n) is 33.3. The zero-order valence-corrected chi connectivity index (χ0v) is 34.1. The number of esters is 1. The molecule has 2 saturated heterocycles. The Morgan fingerprint density at radius 3 is 2.45 bits per heavy atom. The Labute approximate surface area is 339 Å². The quantitative estimate of drug-likeness (QED) is 0.0757. The average Bonchev–Trinajstić information content (AvgIpc) is 3.75. The molecule has 17 nitrogen and oxygen atoms in total. The molecule has 0 bridgehead atoms. The van der Waals surface area contributed by atoms with Crippen LogP contribution in [0.3, 0.4) is 0 Å². The summed E-state index contributed by atoms with van der Waals surface area (Å²) in [6, 6.07) is 13.8. The summed E-state index contributed by atoms with van der Waals surface area (Å²) in [6.45, 7) is 10.1. The van der Waals surface area contributed by atoms with E-state index in [0.717, 1.165) is 16.7 Å². The van der Waals surface area contributed by atoms with Crippen LogP contribution in [0.15, 0.2) is 75.5 Å². The normalized spacial score (nSPS) is 21.9. The number of carbonyl (C=O) groups excluding carboxylic acids is 4. The van der Waals surface area contributed by atoms with E-state index in [1.807, 2.05) is 51.1 Å². The van der Waals surface area contributed by atoms with Gasteiger partial charge in [-0.25, -0.2) is 4.79 Å². The largest absolute Gasteiger partial charge is 0.463 e. The number of aromatic nitrogens is 2. The fourth-order valence-corrected chi connectivity index (χ4v) is 8.16. The molecule has 2 fully saturated rings. The SMILES string of the molecule is Cc1ccccc1CNC(=O)[C@H]1N(C(=O)[C@@H](O)[C@H](Cc2ccccc2)NC(=O)C(C)C(C)C(=O)OC[C@@H]2O[C@H](n3cc(C)c(=O)[nH]c3=O)C[C@H]2N=[N+]=[N-])CSC1(C)C. The first-order valence-electron chi connectivity index (χ1n) is 19.0. The molecule has 0 spiro atoms. The van der Waals surface area contributed by atoms with Gasteiger partial charge >= 0.3 is 11.7 Å². The third-order valence-electron chi connectivity index (χ3n) is 10.8. The molecule has 2 aliphatic rings. The van der Waals surface area contributed by atoms with Crippen molar-refractivity contribution in [3.8, 4) is 0 Å². The predicted molar refractivity (Wildman–Crippen MR) is 215 cm³/mol. The topological polar surface area (TPSA) is 238 Å². The van der Waals surface area contributed by atoms with E-state index in [2.05, 4.69) is 25.6 Å². The number of azide groups is 1. The first kappa shape index (κ1) is 43.7. The van der Waals surface area contributed by atoms with Crippen molar-refractivity contribution >= 4 is 35.5 Å². The van der Waals surface area contributed by atoms with E-state index in [1.54, 1.807) is 24.3 Å². The number of benzene rings is 2. The second-order valence-electron chi connectivity index (χ2n) is 15.3. The van der Waals surface area contributed by atoms with E-state index in [-0.39, 0.29) is 43.3 Å². The molecule has 2 aliphatic heterocycles. The molecular weight excluding hydrogens is 769 g/mol. The Morgan fingerprint density at radius 2 is 1.76 bits per heavy atom. The van der Waals surface area contributed by atoms with Crippen molar-refractivity contribution in [1.82, 2.24) is 25.1 Å². The molecule has 0 saturated carbocycles. The van der Waals surface area contributed by atoms with Crippen molar-refractivity contribution in [2.24, 2.45) is 17.0 Å². The number of hydrogen-bond acceptors (Lipinski definition) is 11. The number of nitrogens with one attached hydrogen (secondary N) is 3. The van der Waals surface area contributed by atoms with Crippen molar-refractivity contribution < 1.29 is 33.8 Å². The van der Waals surface area contributed by atoms with Crippen LogP contribution in [0, 0.1) is 25.7 Å². The van der Waals surface area contributed by atoms with Crippen LogP contribution in [-0.4, -0.2) is 90.8 Å². The number of aromatic amines is 1. The molecule has 2 unspecified atom stereocenters. The number of aliphatic hydroxyl groups is 1. The highest BCUT2D eigenvalue weighted by atomic mass is 32.2. The number of amides is 3. The average molecular weight is 819 g/mol. The molecule has 58 heavy (non-hydrogen) atoms. The summed E-state index contributed by atoms with van der Waals surface area (Å²) in [5, 5.41) is 21.2. The minimum Gasteiger partial charge on any atom is -0.463 e. The van der Waals surface area contributed by atoms with Gasteiger partial charge in [-0.05, 0) is 56.3 Å². The summed E-state index contributed by atoms with van der Waals surface area (Å²) in [5.41, 5.74) is 10.8. The maximum Gasteiger partial charge on any atom is 0.330 e. The van der Waals surface area contributed by atoms with Gasteiger partial charge in [0.05, 0.1) is 23.9 Å². The van der Waals surface area contributed by atoms with Gasteiger partial charge < -0.3 is 30.1 Å². The number of nitrogens with zero attached hydrogens (tertiary/aromatic N) is 5. The standard InChI is InChI=1S/C40H50N8O9S/c1-22-12-10-11-15-27(22)18-42-36(52)33-40(5,6)58-21-48(33)37(53)32(49)29(16-26-13-8-7-9-14-26)43-35(51)24(3)25(4)38(54)56-20-30-28(45-46-41)17-31(57-30)47-19-23(2)34(50)44-39(47)55/h7-15,19,24-25,28-33,49H,16-18,20-21H2,1-6H3,(H,42,52)(H,43,51)(H,44,50,55)/t24?,25?,28-,29+,30+,31+,32+,33-/m1/s1. The summed E-state index contributed by atoms with van der Waals surface area (Å²) in [6.07, 6.45) is -2.11. The Kier molecular flexibility index (Phi) is 14.2. The Hall–Kier alpha value is -5.42. The highest BCUT2D eigenvalue weighted by molar-refractivity contribution is 8.00. The molecule has 3 aromatic rings. The molecule has 18 heteroatoms. The minimum atomic E-state index is -1.75. The van der Waals surface area contributed by atoms with Crippen molar-refractivity contribution in [2.45, 2.75) is 102 Å². The fourth-order valence-electron chi connectivity index (χ4n) is 7.02. The van der Waals surface area contributed by atoms with Gasteiger partial charge in [-0.2, -0.15) is 0 Å². The molecule has 0 radical (unpaired) electrons. The summed E-state index contributed by atoms with van der Waals surface area (Å²) < 4.78 is 11.9. The van der Waals surface area contributed by atoms with Gasteiger partial charge in [-0.15, -0.1) is 11.8 Å². The molecule has 0 aliphatic carbocycles. The van der Waals surface area contributed by atoms with Crippen molar-refractivity contribution in [1.29, 1.82) is 0 Å². The van der Waals surface area contributed by atoms with Gasteiger partial charge in [0.15, 0.2) is 6.10 Å². The van der Waals surface area contributed by atoms with E-state index in [4.69, 9.17) is 15.0 Å². The molecule has 3 amide bonds. The summed E-state index contributed by atoms with van der Waals surface area (Å²) in [4.78, 5) is 85.6. The highest BCUT2D eigenvalue weighted by Gasteiger charge is 2.50. The van der Waals surface area contributed by atoms with Gasteiger partial charge in [0, 0.05) is 40.3 Å². The molecule has 5 rings (SSSR count). The van der Waals surface area contributed by atoms with E-state index in [9.17, 15) is 33.9 Å². The van der Waals surface area contributed by atoms with Crippen molar-refractivity contribution in [3.63, 3.8) is 0 Å². The van der Waals surface area contributed by atoms with Gasteiger partial charge in [-0.1, -0.05) is 73.6 Å². The fraction of sp³-hybridized carbons (Fsp3) is 0.500. The minimum absolute atomic E-state index is 0.0679. The lowest BCUT2D eigenvalue weighted by Gasteiger charge is -2.33. The smallest absolute Gasteiger partial charge is 0.330 e. The Morgan fingerprint density at radius 1 is 1.07 bits per heavy atom. The first-order valence-corrected chi connectivity index (χ1v) is 20.0. The molecule has 1 aromatic heterocycles. The highest BCUT2D eigenvalue weighted by Crippen LogP contribution is 2.40. The van der Waals surface area contributed by atoms with Gasteiger partial charge in [0.2, 0.25) is 11.8 Å². The molecule has 4 N–H and O–H groups in total. The number of aryl methyl sites for hydroxylation is 2. The number of H-pyrrole nitrogens is 1. The second kappa shape index (κ2) is 18.9. The number of ether oxygens (including phenoxy) is 2. The van der Waals surface area contributed by atoms with Crippen molar-refractivity contribution in [3.05, 3.63) is 114 Å². The number of aliphatic hydroxyl groups excluding tert-OH is 1.